The molecule has 2 bridgehead atoms. The molecule has 7 rings (SSSR count). The fourth-order valence-corrected chi connectivity index (χ4v) is 5.90. The largest absolute Gasteiger partial charge is 0.274 e. The van der Waals surface area contributed by atoms with Crippen molar-refractivity contribution >= 4 is 17.5 Å². The third-order valence-corrected chi connectivity index (χ3v) is 6.96. The van der Waals surface area contributed by atoms with Gasteiger partial charge in [-0.1, -0.05) is 55.5 Å². The van der Waals surface area contributed by atoms with Gasteiger partial charge in [0.1, 0.15) is 0 Å². The molecule has 1 aliphatic heterocycles. The maximum Gasteiger partial charge on any atom is 0.238 e. The molecule has 0 unspecified atom stereocenters. The summed E-state index contributed by atoms with van der Waals surface area (Å²) in [6, 6.07) is 20.1. The van der Waals surface area contributed by atoms with E-state index in [0.29, 0.717) is 5.69 Å². The zero-order chi connectivity index (χ0) is 19.0. The number of hydrogen-bond acceptors (Lipinski definition) is 3. The van der Waals surface area contributed by atoms with Crippen LogP contribution in [0.15, 0.2) is 73.1 Å². The van der Waals surface area contributed by atoms with Gasteiger partial charge in [-0.25, -0.2) is 4.90 Å². The summed E-state index contributed by atoms with van der Waals surface area (Å²) in [5, 5.41) is 0. The van der Waals surface area contributed by atoms with Gasteiger partial charge < -0.3 is 0 Å². The molecule has 0 radical (unpaired) electrons. The SMILES string of the molecule is CC12c3ccccc3C(c3ccccc31)[C@@H]1C(=O)N(c3ccncc3)C(=O)[C@@H]12. The smallest absolute Gasteiger partial charge is 0.238 e. The van der Waals surface area contributed by atoms with Crippen LogP contribution >= 0.6 is 0 Å². The first-order chi connectivity index (χ1) is 13.6. The summed E-state index contributed by atoms with van der Waals surface area (Å²) in [5.74, 6) is -1.03. The summed E-state index contributed by atoms with van der Waals surface area (Å²) in [6.45, 7) is 2.14. The van der Waals surface area contributed by atoms with E-state index in [-0.39, 0.29) is 29.6 Å². The van der Waals surface area contributed by atoms with Gasteiger partial charge in [-0.15, -0.1) is 0 Å². The fourth-order valence-electron chi connectivity index (χ4n) is 5.90. The molecule has 1 aromatic heterocycles. The van der Waals surface area contributed by atoms with E-state index < -0.39 is 5.41 Å². The fraction of sp³-hybridized carbons (Fsp3) is 0.208. The van der Waals surface area contributed by atoms with E-state index >= 15 is 0 Å². The Morgan fingerprint density at radius 2 is 1.39 bits per heavy atom. The second-order valence-corrected chi connectivity index (χ2v) is 8.08. The highest BCUT2D eigenvalue weighted by atomic mass is 16.2. The monoisotopic (exact) mass is 366 g/mol. The Balaban J connectivity index is 1.64. The normalized spacial score (nSPS) is 29.5. The number of amides is 2. The number of aromatic nitrogens is 1. The van der Waals surface area contributed by atoms with E-state index in [4.69, 9.17) is 0 Å². The molecule has 3 aromatic rings. The minimum absolute atomic E-state index is 0.0810. The van der Waals surface area contributed by atoms with Gasteiger partial charge in [0.2, 0.25) is 11.8 Å². The molecule has 2 aromatic carbocycles. The van der Waals surface area contributed by atoms with Crippen molar-refractivity contribution in [2.24, 2.45) is 11.8 Å². The Morgan fingerprint density at radius 1 is 0.821 bits per heavy atom. The van der Waals surface area contributed by atoms with Crippen LogP contribution in [-0.2, 0) is 15.0 Å². The van der Waals surface area contributed by atoms with Crippen LogP contribution in [0.3, 0.4) is 0 Å². The molecule has 0 saturated carbocycles. The number of pyridine rings is 1. The molecule has 4 aliphatic rings. The summed E-state index contributed by atoms with van der Waals surface area (Å²) >= 11 is 0. The highest BCUT2D eigenvalue weighted by molar-refractivity contribution is 6.23. The lowest BCUT2D eigenvalue weighted by Gasteiger charge is -2.52. The van der Waals surface area contributed by atoms with E-state index in [1.165, 1.54) is 27.2 Å². The van der Waals surface area contributed by atoms with E-state index in [1.807, 2.05) is 24.3 Å². The number of carbonyl (C=O) groups is 2. The van der Waals surface area contributed by atoms with Gasteiger partial charge in [0.05, 0.1) is 17.5 Å². The van der Waals surface area contributed by atoms with Crippen molar-refractivity contribution in [1.82, 2.24) is 4.98 Å². The van der Waals surface area contributed by atoms with Crippen molar-refractivity contribution in [3.8, 4) is 0 Å². The van der Waals surface area contributed by atoms with Crippen LogP contribution in [0.4, 0.5) is 5.69 Å². The molecule has 2 amide bonds. The van der Waals surface area contributed by atoms with Crippen LogP contribution in [0.1, 0.15) is 35.1 Å². The molecular formula is C24H18N2O2. The highest BCUT2D eigenvalue weighted by Gasteiger charge is 2.66. The molecule has 0 N–H and O–H groups in total. The van der Waals surface area contributed by atoms with E-state index in [1.54, 1.807) is 24.5 Å². The number of anilines is 1. The van der Waals surface area contributed by atoms with E-state index in [0.717, 1.165) is 0 Å². The van der Waals surface area contributed by atoms with Gasteiger partial charge >= 0.3 is 0 Å². The quantitative estimate of drug-likeness (QED) is 0.618. The molecule has 2 heterocycles. The lowest BCUT2D eigenvalue weighted by Crippen LogP contribution is -2.51. The van der Waals surface area contributed by atoms with Crippen LogP contribution in [0.2, 0.25) is 0 Å². The molecule has 2 atom stereocenters. The van der Waals surface area contributed by atoms with Gasteiger partial charge in [0.15, 0.2) is 0 Å². The zero-order valence-electron chi connectivity index (χ0n) is 15.4. The molecule has 28 heavy (non-hydrogen) atoms. The minimum atomic E-state index is -0.513. The average molecular weight is 366 g/mol. The van der Waals surface area contributed by atoms with Gasteiger partial charge in [0, 0.05) is 23.7 Å². The lowest BCUT2D eigenvalue weighted by molar-refractivity contribution is -0.123. The Kier molecular flexibility index (Phi) is 2.91. The maximum absolute atomic E-state index is 13.6. The summed E-state index contributed by atoms with van der Waals surface area (Å²) in [6.07, 6.45) is 3.25. The van der Waals surface area contributed by atoms with Crippen LogP contribution in [0.25, 0.3) is 0 Å². The van der Waals surface area contributed by atoms with Crippen LogP contribution in [0, 0.1) is 11.8 Å². The molecule has 4 heteroatoms. The third kappa shape index (κ3) is 1.65. The topological polar surface area (TPSA) is 50.3 Å². The third-order valence-electron chi connectivity index (χ3n) is 6.96. The number of nitrogens with zero attached hydrogens (tertiary/aromatic N) is 2. The van der Waals surface area contributed by atoms with Gasteiger partial charge in [-0.2, -0.15) is 0 Å². The zero-order valence-corrected chi connectivity index (χ0v) is 15.4. The average Bonchev–Trinajstić information content (AvgIpc) is 3.01. The second kappa shape index (κ2) is 5.16. The standard InChI is InChI=1S/C24H18N2O2/c1-24-17-8-4-2-6-15(17)19(16-7-3-5-9-18(16)24)20-21(24)23(28)26(22(20)27)14-10-12-25-13-11-14/h2-13,19-21H,1H3/t19?,20-,21+,24?/m0/s1. The van der Waals surface area contributed by atoms with Crippen LogP contribution in [0.5, 0.6) is 0 Å². The van der Waals surface area contributed by atoms with Crippen molar-refractivity contribution in [3.05, 3.63) is 95.3 Å². The summed E-state index contributed by atoms with van der Waals surface area (Å²) in [4.78, 5) is 32.7. The van der Waals surface area contributed by atoms with Crippen molar-refractivity contribution in [3.63, 3.8) is 0 Å². The van der Waals surface area contributed by atoms with Gasteiger partial charge in [-0.05, 0) is 34.4 Å². The van der Waals surface area contributed by atoms with Gasteiger partial charge in [0.25, 0.3) is 0 Å². The summed E-state index contributed by atoms with van der Waals surface area (Å²) < 4.78 is 0. The molecule has 1 saturated heterocycles. The first-order valence-electron chi connectivity index (χ1n) is 9.60. The number of hydrogen-bond donors (Lipinski definition) is 0. The Hall–Kier alpha value is -3.27. The molecule has 0 spiro atoms. The first-order valence-corrected chi connectivity index (χ1v) is 9.60. The summed E-state index contributed by atoms with van der Waals surface area (Å²) in [7, 11) is 0. The van der Waals surface area contributed by atoms with E-state index in [2.05, 4.69) is 36.2 Å². The predicted molar refractivity (Wildman–Crippen MR) is 105 cm³/mol. The van der Waals surface area contributed by atoms with Crippen molar-refractivity contribution in [2.75, 3.05) is 4.90 Å². The Morgan fingerprint density at radius 3 is 2.00 bits per heavy atom. The van der Waals surface area contributed by atoms with Crippen molar-refractivity contribution in [1.29, 1.82) is 0 Å². The van der Waals surface area contributed by atoms with Crippen molar-refractivity contribution in [2.45, 2.75) is 18.3 Å². The molecule has 3 aliphatic carbocycles. The molecular weight excluding hydrogens is 348 g/mol. The van der Waals surface area contributed by atoms with Crippen LogP contribution < -0.4 is 4.90 Å². The highest BCUT2D eigenvalue weighted by Crippen LogP contribution is 2.64. The van der Waals surface area contributed by atoms with Crippen molar-refractivity contribution < 1.29 is 9.59 Å². The molecule has 1 fully saturated rings. The lowest BCUT2D eigenvalue weighted by atomic mass is 9.48. The van der Waals surface area contributed by atoms with Gasteiger partial charge in [-0.3, -0.25) is 14.6 Å². The Bertz CT molecular complexity index is 1110. The molecule has 4 nitrogen and oxygen atoms in total. The van der Waals surface area contributed by atoms with Crippen LogP contribution in [-0.4, -0.2) is 16.8 Å². The number of imide groups is 1. The molecule has 136 valence electrons. The first kappa shape index (κ1) is 15.8. The van der Waals surface area contributed by atoms with E-state index in [9.17, 15) is 9.59 Å². The maximum atomic E-state index is 13.6. The number of benzene rings is 2. The number of carbonyl (C=O) groups excluding carboxylic acids is 2. The second-order valence-electron chi connectivity index (χ2n) is 8.08. The number of rotatable bonds is 1. The minimum Gasteiger partial charge on any atom is -0.274 e. The predicted octanol–water partition coefficient (Wildman–Crippen LogP) is 3.65. The summed E-state index contributed by atoms with van der Waals surface area (Å²) in [5.41, 5.74) is 4.82. The Labute approximate surface area is 162 Å².